The van der Waals surface area contributed by atoms with Gasteiger partial charge in [-0.15, -0.1) is 0 Å². The summed E-state index contributed by atoms with van der Waals surface area (Å²) in [6.45, 7) is 0. The van der Waals surface area contributed by atoms with Crippen molar-refractivity contribution in [3.05, 3.63) is 459 Å². The van der Waals surface area contributed by atoms with Crippen molar-refractivity contribution < 1.29 is 117 Å². The molecule has 0 saturated carbocycles. The lowest BCUT2D eigenvalue weighted by molar-refractivity contribution is 0.669. The zero-order chi connectivity index (χ0) is 151. The Hall–Kier alpha value is -17.0. The van der Waals surface area contributed by atoms with E-state index in [2.05, 4.69) is 0 Å². The molecule has 28 rings (SSSR count). The first-order valence-electron chi connectivity index (χ1n) is 76.2. The Labute approximate surface area is 848 Å². The number of rotatable bonds is 7. The predicted octanol–water partition coefficient (Wildman–Crippen LogP) is 36.3. The van der Waals surface area contributed by atoms with Gasteiger partial charge in [-0.1, -0.05) is 399 Å². The van der Waals surface area contributed by atoms with Gasteiger partial charge < -0.3 is 13.3 Å². The van der Waals surface area contributed by atoms with Gasteiger partial charge in [-0.25, -0.2) is 0 Å². The van der Waals surface area contributed by atoms with Crippen molar-refractivity contribution in [2.45, 2.75) is 0 Å². The van der Waals surface area contributed by atoms with E-state index in [1.165, 1.54) is 0 Å². The minimum Gasteiger partial charge on any atom is -0.456 e. The summed E-state index contributed by atoms with van der Waals surface area (Å²) in [7, 11) is 0. The van der Waals surface area contributed by atoms with E-state index in [1.807, 2.05) is 0 Å². The lowest BCUT2D eigenvalue weighted by Gasteiger charge is -2.20. The molecular weight excluding hydrogens is 1560 g/mol. The minimum absolute atomic E-state index is 0.451. The molecule has 0 N–H and O–H groups in total. The Morgan fingerprint density at radius 1 is 0.124 bits per heavy atom. The smallest absolute Gasteiger partial charge is 0.136 e. The number of fused-ring (bicyclic) bond motifs is 21. The van der Waals surface area contributed by atoms with Crippen LogP contribution >= 0.6 is 0 Å². The molecule has 3 nitrogen and oxygen atoms in total. The molecule has 25 aromatic carbocycles. The lowest BCUT2D eigenvalue weighted by Crippen LogP contribution is -1.92. The second-order valence-corrected chi connectivity index (χ2v) is 28.3. The topological polar surface area (TPSA) is 39.4 Å². The molecule has 129 heavy (non-hydrogen) atoms. The van der Waals surface area contributed by atoms with Crippen molar-refractivity contribution in [1.29, 1.82) is 0 Å². The van der Waals surface area contributed by atoms with Crippen LogP contribution in [0, 0.1) is 0 Å². The van der Waals surface area contributed by atoms with Gasteiger partial charge in [0.25, 0.3) is 0 Å². The van der Waals surface area contributed by atoms with Gasteiger partial charge in [-0.05, 0) is 268 Å². The number of furan rings is 3. The SMILES string of the molecule is [2H]c1c([2H])c(-c2c3c([2H])c([2H])c([2H])c([2H])c3c(-c3c([2H])c([2H])c([2H])c4c([2H])c([2H])c([2H])c([2H])c34)c3c([2H])c([2H])c([2H])c([2H])c23)c2c(oc3c([2H])c4c([2H])c([2H])c([2H])c([2H])c4c([2H])c32)c1[2H].[2H]c1c([2H])c(-c2c3c([2H])c([2H])c([2H])c([2H])c3c(-c3c([2H])c([2H])c4c([2H])c([2H])c([2H])c([2H])c4c3[2H])c3c([2H])c([2H])c([2H])c([2H])c23)c2c(oc3c([2H])c4c([2H])c([2H])c([2H])c([2H])c4c([2H])c32)c1[2H].[2H]c1c([2H])c([2H])c(-c2c([2H])c([2H])c(-c3c4c([2H])c([2H])c([2H])c([2H])c4c(-c4c([2H])c([2H])c([2H])c5oc6c([2H])c7c([2H])c([2H])c([2H])c([2H])c7c([2H])c6c45)c4c([2H])c([2H])c([2H])c([2H])c34)c3c([2H])c([2H])c([2H])c([2H])c23)c([2H])c1[2H]. The van der Waals surface area contributed by atoms with Gasteiger partial charge in [0.05, 0.1) is 104 Å². The van der Waals surface area contributed by atoms with Gasteiger partial charge in [0.15, 0.2) is 0 Å². The Morgan fingerprint density at radius 2 is 0.372 bits per heavy atom. The van der Waals surface area contributed by atoms with Crippen LogP contribution in [0.1, 0.15) is 104 Å². The summed E-state index contributed by atoms with van der Waals surface area (Å²) in [6, 6.07) is -67.5. The summed E-state index contributed by atoms with van der Waals surface area (Å²) in [4.78, 5) is 0. The molecule has 0 saturated heterocycles. The predicted molar refractivity (Wildman–Crippen MR) is 549 cm³/mol. The molecule has 0 aliphatic rings. The molecule has 3 aromatic heterocycles. The normalized spacial score (nSPS) is 20.1. The third-order valence-corrected chi connectivity index (χ3v) is 21.5. The monoisotopic (exact) mass is 1710 g/mol. The highest BCUT2D eigenvalue weighted by Crippen LogP contribution is 2.54. The molecule has 598 valence electrons. The van der Waals surface area contributed by atoms with Crippen LogP contribution in [0.15, 0.2) is 472 Å². The fourth-order valence-electron chi connectivity index (χ4n) is 16.3. The summed E-state index contributed by atoms with van der Waals surface area (Å²) in [5.41, 5.74) is -13.4. The lowest BCUT2D eigenvalue weighted by atomic mass is 9.83. The average Bonchev–Trinajstić information content (AvgIpc) is 1.66. The van der Waals surface area contributed by atoms with Crippen LogP contribution in [-0.4, -0.2) is 0 Å². The third-order valence-electron chi connectivity index (χ3n) is 21.5. The first-order chi connectivity index (χ1) is 95.7. The van der Waals surface area contributed by atoms with Crippen LogP contribution in [0.25, 0.3) is 273 Å². The Balaban J connectivity index is 0.000000144. The average molecular weight is 1710 g/mol. The second-order valence-electron chi connectivity index (χ2n) is 28.3. The number of benzene rings is 25. The first kappa shape index (κ1) is 30.4. The summed E-state index contributed by atoms with van der Waals surface area (Å²) in [5.74, 6) is 0. The third kappa shape index (κ3) is 11.9. The largest absolute Gasteiger partial charge is 0.456 e. The molecule has 0 bridgehead atoms. The van der Waals surface area contributed by atoms with E-state index in [0.717, 1.165) is 0 Å². The van der Waals surface area contributed by atoms with Crippen LogP contribution in [0.2, 0.25) is 0 Å². The Bertz CT molecular complexity index is 14200. The van der Waals surface area contributed by atoms with Crippen LogP contribution in [-0.2, 0) is 0 Å². The van der Waals surface area contributed by atoms with Gasteiger partial charge in [0.2, 0.25) is 0 Å². The van der Waals surface area contributed by atoms with E-state index in [1.54, 1.807) is 0 Å². The molecule has 0 atom stereocenters. The fraction of sp³-hybridized carbons (Fsp3) is 0. The van der Waals surface area contributed by atoms with Crippen molar-refractivity contribution in [2.75, 3.05) is 0 Å². The standard InChI is InChI=1S/C46H28O.2C40H24O/c1-2-13-29(14-3-1)32-25-26-39(34-18-7-6-17-33(32)34)44-35-19-8-10-21-37(35)45(38-22-11-9-20-36(38)44)40-23-12-24-42-46(40)41-27-30-15-4-5-16-31(30)28-43(41)47-42;1-2-13-27-24-37-35(23-26(27)12-1)40-34(21-10-22-36(40)41-37)39-32-18-7-5-16-30(32)38(31-17-6-8-19-33(31)39)29-20-9-14-25-11-3-4-15-28(25)29;1-2-11-26-22-29(21-20-25(26)10-1)38-30-14-5-7-16-32(30)39(33-17-8-6-15-31(33)38)34-18-9-19-36-40(34)35-23-27-12-3-4-13-28(27)24-37(35)41-36/h1-28H;2*1-24H/i1D,2D,3D,4D,5D,6D,7D,8D,9D,10D,11D,12D,13D,14D,15D,16D,17D,18D,19D,20D,21D,22D,23D,24D,25D,26D,27D,28D;2*1D,2D,3D,4D,5D,6D,7D,8D,9D,10D,11D,12D,13D,14D,15D,16D,17D,18D,19D,20D,21D,22D,23D,24D. The van der Waals surface area contributed by atoms with Gasteiger partial charge in [0.1, 0.15) is 33.5 Å². The molecule has 0 radical (unpaired) electrons. The molecule has 3 heteroatoms. The first-order valence-corrected chi connectivity index (χ1v) is 38.2. The quantitative estimate of drug-likeness (QED) is 0.149. The molecule has 0 spiro atoms. The van der Waals surface area contributed by atoms with Crippen LogP contribution < -0.4 is 0 Å². The summed E-state index contributed by atoms with van der Waals surface area (Å²) in [5, 5.41) is -18.1. The van der Waals surface area contributed by atoms with Crippen molar-refractivity contribution in [1.82, 2.24) is 0 Å². The van der Waals surface area contributed by atoms with Crippen LogP contribution in [0.4, 0.5) is 0 Å². The highest BCUT2D eigenvalue weighted by atomic mass is 16.3. The molecular formula is C126H76O3. The van der Waals surface area contributed by atoms with E-state index < -0.39 is 732 Å². The van der Waals surface area contributed by atoms with Gasteiger partial charge in [-0.3, -0.25) is 0 Å². The summed E-state index contributed by atoms with van der Waals surface area (Å²) in [6.07, 6.45) is 0. The minimum atomic E-state index is -1.10. The van der Waals surface area contributed by atoms with Crippen molar-refractivity contribution in [3.63, 3.8) is 0 Å². The fourth-order valence-corrected chi connectivity index (χ4v) is 16.3. The van der Waals surface area contributed by atoms with E-state index in [0.29, 0.717) is 0 Å². The van der Waals surface area contributed by atoms with Gasteiger partial charge >= 0.3 is 0 Å². The van der Waals surface area contributed by atoms with Crippen molar-refractivity contribution >= 4 is 195 Å². The van der Waals surface area contributed by atoms with Crippen LogP contribution in [0.3, 0.4) is 0 Å². The van der Waals surface area contributed by atoms with E-state index in [9.17, 15) is 35.6 Å². The molecule has 28 aromatic rings. The number of hydrogen-bond acceptors (Lipinski definition) is 3. The van der Waals surface area contributed by atoms with Crippen molar-refractivity contribution in [3.8, 4) is 77.9 Å². The number of hydrogen-bond donors (Lipinski definition) is 0. The van der Waals surface area contributed by atoms with E-state index in [-0.39, 0.29) is 0 Å². The Kier molecular flexibility index (Phi) is 7.05. The highest BCUT2D eigenvalue weighted by Gasteiger charge is 2.27. The molecule has 0 aliphatic heterocycles. The summed E-state index contributed by atoms with van der Waals surface area (Å²) < 4.78 is 700. The maximum absolute atomic E-state index is 9.77. The van der Waals surface area contributed by atoms with Crippen LogP contribution in [0.5, 0.6) is 0 Å². The Morgan fingerprint density at radius 3 is 0.744 bits per heavy atom. The molecule has 0 unspecified atom stereocenters. The van der Waals surface area contributed by atoms with Gasteiger partial charge in [0, 0.05) is 32.3 Å². The van der Waals surface area contributed by atoms with Gasteiger partial charge in [-0.2, -0.15) is 0 Å². The maximum Gasteiger partial charge on any atom is 0.136 e. The second kappa shape index (κ2) is 29.9. The molecule has 0 fully saturated rings. The zero-order valence-corrected chi connectivity index (χ0v) is 64.2. The summed E-state index contributed by atoms with van der Waals surface area (Å²) >= 11 is 0. The molecule has 0 amide bonds. The zero-order valence-electron chi connectivity index (χ0n) is 140. The van der Waals surface area contributed by atoms with E-state index >= 15 is 0 Å². The van der Waals surface area contributed by atoms with Crippen molar-refractivity contribution in [2.24, 2.45) is 0 Å². The molecule has 3 heterocycles. The maximum atomic E-state index is 9.77. The van der Waals surface area contributed by atoms with E-state index in [4.69, 9.17) is 81.8 Å². The molecule has 0 aliphatic carbocycles. The highest BCUT2D eigenvalue weighted by molar-refractivity contribution is 6.32.